The van der Waals surface area contributed by atoms with Crippen LogP contribution < -0.4 is 10.6 Å². The molecule has 24 heavy (non-hydrogen) atoms. The van der Waals surface area contributed by atoms with Crippen molar-refractivity contribution in [3.63, 3.8) is 0 Å². The number of rotatable bonds is 4. The largest absolute Gasteiger partial charge is 0.371 e. The first-order chi connectivity index (χ1) is 11.7. The van der Waals surface area contributed by atoms with Crippen molar-refractivity contribution in [2.24, 2.45) is 0 Å². The molecule has 0 spiro atoms. The van der Waals surface area contributed by atoms with E-state index in [0.29, 0.717) is 12.4 Å². The van der Waals surface area contributed by atoms with Gasteiger partial charge in [-0.3, -0.25) is 10.00 Å². The van der Waals surface area contributed by atoms with Gasteiger partial charge < -0.3 is 10.1 Å². The number of ether oxygens (including phenoxy) is 1. The summed E-state index contributed by atoms with van der Waals surface area (Å²) in [4.78, 5) is 16.6. The van der Waals surface area contributed by atoms with Crippen molar-refractivity contribution in [1.82, 2.24) is 20.1 Å². The summed E-state index contributed by atoms with van der Waals surface area (Å²) in [5.74, 6) is 0.541. The summed E-state index contributed by atoms with van der Waals surface area (Å²) < 4.78 is 7.76. The van der Waals surface area contributed by atoms with Crippen LogP contribution >= 0.6 is 0 Å². The highest BCUT2D eigenvalue weighted by molar-refractivity contribution is 5.88. The second kappa shape index (κ2) is 7.44. The molecular weight excluding hydrogens is 306 g/mol. The Labute approximate surface area is 141 Å². The van der Waals surface area contributed by atoms with Crippen molar-refractivity contribution in [2.45, 2.75) is 45.4 Å². The highest BCUT2D eigenvalue weighted by atomic mass is 16.5. The van der Waals surface area contributed by atoms with Crippen molar-refractivity contribution >= 4 is 11.8 Å². The SMILES string of the molecule is CCn1cc([C@H]2OCCC[C@@H]2NC(=O)Nc2cccc(C)n2)cn1. The summed E-state index contributed by atoms with van der Waals surface area (Å²) >= 11 is 0. The van der Waals surface area contributed by atoms with E-state index >= 15 is 0 Å². The average molecular weight is 329 g/mol. The molecule has 7 heteroatoms. The standard InChI is InChI=1S/C17H23N5O2/c1-3-22-11-13(10-18-22)16-14(7-5-9-24-16)20-17(23)21-15-8-4-6-12(2)19-15/h4,6,8,10-11,14,16H,3,5,7,9H2,1-2H3,(H2,19,20,21,23)/t14-,16+/m0/s1. The first-order valence-electron chi connectivity index (χ1n) is 8.31. The van der Waals surface area contributed by atoms with Crippen LogP contribution in [0, 0.1) is 6.92 Å². The van der Waals surface area contributed by atoms with Gasteiger partial charge in [-0.25, -0.2) is 9.78 Å². The zero-order chi connectivity index (χ0) is 16.9. The quantitative estimate of drug-likeness (QED) is 0.903. The molecule has 3 rings (SSSR count). The Kier molecular flexibility index (Phi) is 5.10. The lowest BCUT2D eigenvalue weighted by Crippen LogP contribution is -2.44. The van der Waals surface area contributed by atoms with Gasteiger partial charge in [0.15, 0.2) is 0 Å². The molecule has 1 saturated heterocycles. The van der Waals surface area contributed by atoms with E-state index in [0.717, 1.165) is 30.6 Å². The van der Waals surface area contributed by atoms with Crippen LogP contribution in [0.25, 0.3) is 0 Å². The molecule has 0 bridgehead atoms. The molecule has 1 aliphatic heterocycles. The molecule has 0 aliphatic carbocycles. The molecule has 2 aromatic rings. The summed E-state index contributed by atoms with van der Waals surface area (Å²) in [7, 11) is 0. The number of amides is 2. The van der Waals surface area contributed by atoms with Crippen molar-refractivity contribution in [2.75, 3.05) is 11.9 Å². The molecule has 2 atom stereocenters. The van der Waals surface area contributed by atoms with Crippen LogP contribution in [-0.2, 0) is 11.3 Å². The molecule has 0 unspecified atom stereocenters. The molecule has 0 radical (unpaired) electrons. The van der Waals surface area contributed by atoms with E-state index in [1.807, 2.05) is 43.1 Å². The van der Waals surface area contributed by atoms with Gasteiger partial charge in [0.2, 0.25) is 0 Å². The van der Waals surface area contributed by atoms with E-state index < -0.39 is 0 Å². The van der Waals surface area contributed by atoms with Gasteiger partial charge in [-0.15, -0.1) is 0 Å². The number of nitrogens with zero attached hydrogens (tertiary/aromatic N) is 3. The van der Waals surface area contributed by atoms with Crippen LogP contribution in [0.3, 0.4) is 0 Å². The molecule has 3 heterocycles. The number of aromatic nitrogens is 3. The first kappa shape index (κ1) is 16.4. The molecule has 2 N–H and O–H groups in total. The zero-order valence-corrected chi connectivity index (χ0v) is 14.0. The topological polar surface area (TPSA) is 81.1 Å². The molecular formula is C17H23N5O2. The fourth-order valence-corrected chi connectivity index (χ4v) is 2.89. The Morgan fingerprint density at radius 3 is 3.08 bits per heavy atom. The number of hydrogen-bond donors (Lipinski definition) is 2. The van der Waals surface area contributed by atoms with E-state index in [2.05, 4.69) is 20.7 Å². The van der Waals surface area contributed by atoms with Crippen LogP contribution in [0.5, 0.6) is 0 Å². The molecule has 0 saturated carbocycles. The van der Waals surface area contributed by atoms with Gasteiger partial charge >= 0.3 is 6.03 Å². The number of anilines is 1. The Hall–Kier alpha value is -2.41. The summed E-state index contributed by atoms with van der Waals surface area (Å²) in [6.07, 6.45) is 5.41. The maximum absolute atomic E-state index is 12.3. The third kappa shape index (κ3) is 3.91. The van der Waals surface area contributed by atoms with Crippen molar-refractivity contribution in [3.8, 4) is 0 Å². The highest BCUT2D eigenvalue weighted by Gasteiger charge is 2.29. The smallest absolute Gasteiger partial charge is 0.320 e. The second-order valence-electron chi connectivity index (χ2n) is 5.93. The lowest BCUT2D eigenvalue weighted by molar-refractivity contribution is -0.00701. The van der Waals surface area contributed by atoms with Gasteiger partial charge in [-0.1, -0.05) is 6.07 Å². The molecule has 128 valence electrons. The molecule has 7 nitrogen and oxygen atoms in total. The number of pyridine rings is 1. The molecule has 2 amide bonds. The third-order valence-electron chi connectivity index (χ3n) is 4.07. The van der Waals surface area contributed by atoms with Gasteiger partial charge in [-0.2, -0.15) is 5.10 Å². The van der Waals surface area contributed by atoms with E-state index in [1.54, 1.807) is 6.07 Å². The number of carbonyl (C=O) groups excluding carboxylic acids is 1. The highest BCUT2D eigenvalue weighted by Crippen LogP contribution is 2.28. The van der Waals surface area contributed by atoms with Crippen LogP contribution in [0.4, 0.5) is 10.6 Å². The minimum Gasteiger partial charge on any atom is -0.371 e. The summed E-state index contributed by atoms with van der Waals surface area (Å²) in [5.41, 5.74) is 1.86. The number of carbonyl (C=O) groups is 1. The predicted octanol–water partition coefficient (Wildman–Crippen LogP) is 2.65. The van der Waals surface area contributed by atoms with Gasteiger partial charge in [0, 0.05) is 30.6 Å². The minimum absolute atomic E-state index is 0.0851. The summed E-state index contributed by atoms with van der Waals surface area (Å²) in [6, 6.07) is 5.17. The van der Waals surface area contributed by atoms with Crippen molar-refractivity contribution in [3.05, 3.63) is 41.9 Å². The van der Waals surface area contributed by atoms with Gasteiger partial charge in [0.05, 0.1) is 12.2 Å². The van der Waals surface area contributed by atoms with E-state index in [9.17, 15) is 4.79 Å². The minimum atomic E-state index is -0.267. The molecule has 1 fully saturated rings. The van der Waals surface area contributed by atoms with Crippen molar-refractivity contribution < 1.29 is 9.53 Å². The normalized spacial score (nSPS) is 20.6. The molecule has 1 aliphatic rings. The fourth-order valence-electron chi connectivity index (χ4n) is 2.89. The monoisotopic (exact) mass is 329 g/mol. The van der Waals surface area contributed by atoms with Gasteiger partial charge in [0.25, 0.3) is 0 Å². The van der Waals surface area contributed by atoms with Crippen molar-refractivity contribution in [1.29, 1.82) is 0 Å². The summed E-state index contributed by atoms with van der Waals surface area (Å²) in [5, 5.41) is 10.1. The number of nitrogens with one attached hydrogen (secondary N) is 2. The van der Waals surface area contributed by atoms with Crippen LogP contribution in [0.1, 0.15) is 37.1 Å². The number of aryl methyl sites for hydroxylation is 2. The van der Waals surface area contributed by atoms with Gasteiger partial charge in [0.1, 0.15) is 11.9 Å². The first-order valence-corrected chi connectivity index (χ1v) is 8.31. The third-order valence-corrected chi connectivity index (χ3v) is 4.07. The van der Waals surface area contributed by atoms with Crippen LogP contribution in [0.2, 0.25) is 0 Å². The second-order valence-corrected chi connectivity index (χ2v) is 5.93. The Morgan fingerprint density at radius 2 is 2.33 bits per heavy atom. The maximum atomic E-state index is 12.3. The lowest BCUT2D eigenvalue weighted by Gasteiger charge is -2.31. The maximum Gasteiger partial charge on any atom is 0.320 e. The Balaban J connectivity index is 1.66. The lowest BCUT2D eigenvalue weighted by atomic mass is 9.98. The van der Waals surface area contributed by atoms with Crippen LogP contribution in [0.15, 0.2) is 30.6 Å². The zero-order valence-electron chi connectivity index (χ0n) is 14.0. The fraction of sp³-hybridized carbons (Fsp3) is 0.471. The van der Waals surface area contributed by atoms with Gasteiger partial charge in [-0.05, 0) is 38.8 Å². The number of urea groups is 1. The van der Waals surface area contributed by atoms with Crippen LogP contribution in [-0.4, -0.2) is 33.4 Å². The Morgan fingerprint density at radius 1 is 1.46 bits per heavy atom. The Bertz CT molecular complexity index is 700. The van der Waals surface area contributed by atoms with E-state index in [-0.39, 0.29) is 18.2 Å². The molecule has 0 aromatic carbocycles. The average Bonchev–Trinajstić information content (AvgIpc) is 3.04. The predicted molar refractivity (Wildman–Crippen MR) is 90.7 cm³/mol. The molecule has 2 aromatic heterocycles. The van der Waals surface area contributed by atoms with E-state index in [4.69, 9.17) is 4.74 Å². The summed E-state index contributed by atoms with van der Waals surface area (Å²) in [6.45, 7) is 5.43. The number of hydrogen-bond acceptors (Lipinski definition) is 4. The van der Waals surface area contributed by atoms with E-state index in [1.165, 1.54) is 0 Å².